The van der Waals surface area contributed by atoms with Gasteiger partial charge in [-0.25, -0.2) is 4.79 Å². The van der Waals surface area contributed by atoms with Crippen LogP contribution in [-0.2, 0) is 16.1 Å². The zero-order chi connectivity index (χ0) is 18.4. The van der Waals surface area contributed by atoms with Gasteiger partial charge in [0, 0.05) is 37.5 Å². The molecule has 2 saturated carbocycles. The summed E-state index contributed by atoms with van der Waals surface area (Å²) in [7, 11) is 0. The number of fused-ring (bicyclic) bond motifs is 2. The Balaban J connectivity index is 1.25. The molecule has 0 radical (unpaired) electrons. The quantitative estimate of drug-likeness (QED) is 0.850. The Kier molecular flexibility index (Phi) is 4.31. The number of para-hydroxylation sites is 2. The number of rotatable bonds is 5. The molecule has 0 bridgehead atoms. The minimum Gasteiger partial charge on any atom is -0.377 e. The van der Waals surface area contributed by atoms with Gasteiger partial charge in [0.05, 0.1) is 17.1 Å². The van der Waals surface area contributed by atoms with Crippen LogP contribution in [0.2, 0.25) is 0 Å². The van der Waals surface area contributed by atoms with Crippen LogP contribution in [0.3, 0.4) is 0 Å². The number of aryl methyl sites for hydroxylation is 1. The predicted octanol–water partition coefficient (Wildman–Crippen LogP) is 2.43. The van der Waals surface area contributed by atoms with Gasteiger partial charge in [-0.1, -0.05) is 37.8 Å². The summed E-state index contributed by atoms with van der Waals surface area (Å²) in [6.07, 6.45) is 6.90. The summed E-state index contributed by atoms with van der Waals surface area (Å²) >= 11 is 0. The van der Waals surface area contributed by atoms with Crippen molar-refractivity contribution >= 4 is 16.9 Å². The van der Waals surface area contributed by atoms with Gasteiger partial charge in [-0.15, -0.1) is 0 Å². The van der Waals surface area contributed by atoms with Crippen molar-refractivity contribution < 1.29 is 9.53 Å². The van der Waals surface area contributed by atoms with Crippen molar-refractivity contribution in [3.8, 4) is 0 Å². The standard InChI is InChI=1S/C21H27N3O3/c25-17(9-11-24-16-8-4-3-7-15(16)22-21(24)26)23-19-14-10-12-27-20(14)18(19)13-5-1-2-6-13/h3-4,7-8,13-14,18-20H,1-2,5-6,9-12H2,(H,22,26)(H,23,25)/t14-,18+,19-,20-/m0/s1. The highest BCUT2D eigenvalue weighted by Crippen LogP contribution is 2.51. The lowest BCUT2D eigenvalue weighted by atomic mass is 9.61. The Hall–Kier alpha value is -2.08. The molecule has 0 unspecified atom stereocenters. The van der Waals surface area contributed by atoms with Gasteiger partial charge >= 0.3 is 5.69 Å². The molecule has 4 atom stereocenters. The van der Waals surface area contributed by atoms with Gasteiger partial charge in [-0.05, 0) is 24.5 Å². The number of ether oxygens (including phenoxy) is 1. The van der Waals surface area contributed by atoms with Crippen LogP contribution < -0.4 is 11.0 Å². The SMILES string of the molecule is O=C(CCn1c(=O)[nH]c2ccccc21)N[C@H]1[C@@H]2CCO[C@@H]2[C@@H]1C1CCCC1. The van der Waals surface area contributed by atoms with Gasteiger partial charge < -0.3 is 15.0 Å². The van der Waals surface area contributed by atoms with Gasteiger partial charge in [0.15, 0.2) is 0 Å². The molecule has 3 fully saturated rings. The molecule has 6 heteroatoms. The molecule has 27 heavy (non-hydrogen) atoms. The molecule has 144 valence electrons. The first-order chi connectivity index (χ1) is 13.2. The van der Waals surface area contributed by atoms with E-state index >= 15 is 0 Å². The largest absolute Gasteiger partial charge is 0.377 e. The van der Waals surface area contributed by atoms with Crippen molar-refractivity contribution in [3.05, 3.63) is 34.7 Å². The topological polar surface area (TPSA) is 76.1 Å². The maximum atomic E-state index is 12.7. The van der Waals surface area contributed by atoms with Crippen LogP contribution in [0.4, 0.5) is 0 Å². The summed E-state index contributed by atoms with van der Waals surface area (Å²) in [5.41, 5.74) is 1.52. The van der Waals surface area contributed by atoms with E-state index in [0.29, 0.717) is 36.8 Å². The van der Waals surface area contributed by atoms with Gasteiger partial charge in [0.2, 0.25) is 5.91 Å². The molecule has 6 nitrogen and oxygen atoms in total. The molecule has 3 aliphatic rings. The van der Waals surface area contributed by atoms with Crippen LogP contribution in [0, 0.1) is 17.8 Å². The third-order valence-corrected chi connectivity index (χ3v) is 6.95. The highest BCUT2D eigenvalue weighted by atomic mass is 16.5. The van der Waals surface area contributed by atoms with Crippen LogP contribution in [0.15, 0.2) is 29.1 Å². The number of amides is 1. The minimum atomic E-state index is -0.152. The fraction of sp³-hybridized carbons (Fsp3) is 0.619. The van der Waals surface area contributed by atoms with Crippen LogP contribution in [0.1, 0.15) is 38.5 Å². The normalized spacial score (nSPS) is 30.4. The first-order valence-electron chi connectivity index (χ1n) is 10.3. The third kappa shape index (κ3) is 2.90. The Bertz CT molecular complexity index is 891. The summed E-state index contributed by atoms with van der Waals surface area (Å²) in [6, 6.07) is 7.86. The average molecular weight is 369 g/mol. The fourth-order valence-corrected chi connectivity index (χ4v) is 5.66. The molecule has 2 aliphatic carbocycles. The Labute approximate surface area is 158 Å². The molecular formula is C21H27N3O3. The number of imidazole rings is 1. The lowest BCUT2D eigenvalue weighted by Gasteiger charge is -2.50. The van der Waals surface area contributed by atoms with Crippen molar-refractivity contribution in [3.63, 3.8) is 0 Å². The summed E-state index contributed by atoms with van der Waals surface area (Å²) in [5.74, 6) is 1.71. The van der Waals surface area contributed by atoms with Crippen molar-refractivity contribution in [2.45, 2.75) is 57.2 Å². The zero-order valence-corrected chi connectivity index (χ0v) is 15.5. The highest BCUT2D eigenvalue weighted by Gasteiger charge is 2.56. The van der Waals surface area contributed by atoms with Gasteiger partial charge in [-0.3, -0.25) is 9.36 Å². The number of hydrogen-bond donors (Lipinski definition) is 2. The number of carbonyl (C=O) groups excluding carboxylic acids is 1. The summed E-state index contributed by atoms with van der Waals surface area (Å²) in [5, 5.41) is 3.30. The highest BCUT2D eigenvalue weighted by molar-refractivity contribution is 5.78. The second kappa shape index (κ2) is 6.82. The summed E-state index contributed by atoms with van der Waals surface area (Å²) in [4.78, 5) is 27.7. The van der Waals surface area contributed by atoms with Crippen molar-refractivity contribution in [1.82, 2.24) is 14.9 Å². The number of benzene rings is 1. The third-order valence-electron chi connectivity index (χ3n) is 6.95. The Morgan fingerprint density at radius 2 is 2.04 bits per heavy atom. The number of H-pyrrole nitrogens is 1. The maximum Gasteiger partial charge on any atom is 0.326 e. The van der Waals surface area contributed by atoms with E-state index < -0.39 is 0 Å². The molecule has 2 heterocycles. The van der Waals surface area contributed by atoms with Crippen molar-refractivity contribution in [2.75, 3.05) is 6.61 Å². The maximum absolute atomic E-state index is 12.7. The molecule has 5 rings (SSSR count). The lowest BCUT2D eigenvalue weighted by molar-refractivity contribution is -0.130. The molecule has 1 aliphatic heterocycles. The molecule has 1 aromatic heterocycles. The number of nitrogens with zero attached hydrogens (tertiary/aromatic N) is 1. The fourth-order valence-electron chi connectivity index (χ4n) is 5.66. The van der Waals surface area contributed by atoms with Gasteiger partial charge in [-0.2, -0.15) is 0 Å². The average Bonchev–Trinajstić information content (AvgIpc) is 3.38. The molecule has 1 amide bonds. The molecule has 2 N–H and O–H groups in total. The van der Waals surface area contributed by atoms with E-state index in [4.69, 9.17) is 4.74 Å². The monoisotopic (exact) mass is 369 g/mol. The minimum absolute atomic E-state index is 0.0468. The van der Waals surface area contributed by atoms with Crippen LogP contribution in [0.25, 0.3) is 11.0 Å². The van der Waals surface area contributed by atoms with E-state index in [1.165, 1.54) is 25.7 Å². The zero-order valence-electron chi connectivity index (χ0n) is 15.5. The first-order valence-corrected chi connectivity index (χ1v) is 10.3. The predicted molar refractivity (Wildman–Crippen MR) is 102 cm³/mol. The number of nitrogens with one attached hydrogen (secondary N) is 2. The van der Waals surface area contributed by atoms with Gasteiger partial charge in [0.25, 0.3) is 0 Å². The molecule has 0 spiro atoms. The van der Waals surface area contributed by atoms with E-state index in [1.807, 2.05) is 24.3 Å². The summed E-state index contributed by atoms with van der Waals surface area (Å²) in [6.45, 7) is 1.23. The smallest absolute Gasteiger partial charge is 0.326 e. The number of carbonyl (C=O) groups is 1. The van der Waals surface area contributed by atoms with Crippen molar-refractivity contribution in [2.24, 2.45) is 17.8 Å². The molecule has 1 aromatic carbocycles. The van der Waals surface area contributed by atoms with Gasteiger partial charge in [0.1, 0.15) is 0 Å². The lowest BCUT2D eigenvalue weighted by Crippen LogP contribution is -2.63. The van der Waals surface area contributed by atoms with Crippen LogP contribution >= 0.6 is 0 Å². The van der Waals surface area contributed by atoms with Crippen LogP contribution in [0.5, 0.6) is 0 Å². The Morgan fingerprint density at radius 1 is 1.22 bits per heavy atom. The number of aromatic amines is 1. The van der Waals surface area contributed by atoms with E-state index in [1.54, 1.807) is 4.57 Å². The van der Waals surface area contributed by atoms with E-state index in [9.17, 15) is 9.59 Å². The Morgan fingerprint density at radius 3 is 2.89 bits per heavy atom. The van der Waals surface area contributed by atoms with E-state index in [0.717, 1.165) is 24.1 Å². The number of aromatic nitrogens is 2. The molecule has 1 saturated heterocycles. The summed E-state index contributed by atoms with van der Waals surface area (Å²) < 4.78 is 7.63. The molecular weight excluding hydrogens is 342 g/mol. The van der Waals surface area contributed by atoms with Crippen LogP contribution in [-0.4, -0.2) is 34.2 Å². The second-order valence-electron chi connectivity index (χ2n) is 8.35. The molecule has 2 aromatic rings. The first kappa shape index (κ1) is 17.0. The number of hydrogen-bond acceptors (Lipinski definition) is 3. The van der Waals surface area contributed by atoms with Crippen molar-refractivity contribution in [1.29, 1.82) is 0 Å². The van der Waals surface area contributed by atoms with E-state index in [2.05, 4.69) is 10.3 Å². The van der Waals surface area contributed by atoms with E-state index in [-0.39, 0.29) is 17.6 Å². The second-order valence-corrected chi connectivity index (χ2v) is 8.35.